The van der Waals surface area contributed by atoms with Crippen molar-refractivity contribution in [1.82, 2.24) is 0 Å². The SMILES string of the molecule is CN(C)c1ccc(C(=O)Nc2cccc(NC(=O)COc3ccc4c(c3)OCO4)c2)cc1. The summed E-state index contributed by atoms with van der Waals surface area (Å²) in [5, 5.41) is 5.60. The molecule has 8 nitrogen and oxygen atoms in total. The van der Waals surface area contributed by atoms with Crippen LogP contribution < -0.4 is 29.7 Å². The summed E-state index contributed by atoms with van der Waals surface area (Å²) in [5.41, 5.74) is 2.67. The van der Waals surface area contributed by atoms with Gasteiger partial charge in [0.05, 0.1) is 0 Å². The Balaban J connectivity index is 1.32. The lowest BCUT2D eigenvalue weighted by Gasteiger charge is -2.13. The number of rotatable bonds is 7. The number of carbonyl (C=O) groups excluding carboxylic acids is 2. The second kappa shape index (κ2) is 9.30. The molecule has 164 valence electrons. The Labute approximate surface area is 185 Å². The molecular formula is C24H23N3O5. The third-order valence-electron chi connectivity index (χ3n) is 4.76. The van der Waals surface area contributed by atoms with E-state index in [9.17, 15) is 9.59 Å². The molecule has 0 saturated carbocycles. The summed E-state index contributed by atoms with van der Waals surface area (Å²) >= 11 is 0. The van der Waals surface area contributed by atoms with E-state index in [1.165, 1.54) is 0 Å². The van der Waals surface area contributed by atoms with Crippen molar-refractivity contribution >= 4 is 28.9 Å². The van der Waals surface area contributed by atoms with Gasteiger partial charge in [-0.1, -0.05) is 6.07 Å². The molecule has 0 unspecified atom stereocenters. The molecule has 1 aliphatic rings. The van der Waals surface area contributed by atoms with Crippen LogP contribution in [0.25, 0.3) is 0 Å². The number of fused-ring (bicyclic) bond motifs is 1. The molecule has 2 N–H and O–H groups in total. The number of nitrogens with one attached hydrogen (secondary N) is 2. The summed E-state index contributed by atoms with van der Waals surface area (Å²) in [5.74, 6) is 1.18. The van der Waals surface area contributed by atoms with Gasteiger partial charge in [0.2, 0.25) is 6.79 Å². The van der Waals surface area contributed by atoms with Gasteiger partial charge < -0.3 is 29.7 Å². The lowest BCUT2D eigenvalue weighted by Crippen LogP contribution is -2.20. The van der Waals surface area contributed by atoms with E-state index in [1.54, 1.807) is 54.6 Å². The molecule has 8 heteroatoms. The maximum atomic E-state index is 12.5. The predicted octanol–water partition coefficient (Wildman–Crippen LogP) is 3.75. The smallest absolute Gasteiger partial charge is 0.262 e. The predicted molar refractivity (Wildman–Crippen MR) is 122 cm³/mol. The molecule has 0 aromatic heterocycles. The van der Waals surface area contributed by atoms with E-state index in [4.69, 9.17) is 14.2 Å². The number of nitrogens with zero attached hydrogens (tertiary/aromatic N) is 1. The number of amides is 2. The van der Waals surface area contributed by atoms with Gasteiger partial charge in [-0.2, -0.15) is 0 Å². The quantitative estimate of drug-likeness (QED) is 0.590. The Morgan fingerprint density at radius 3 is 2.38 bits per heavy atom. The van der Waals surface area contributed by atoms with Crippen molar-refractivity contribution in [2.75, 3.05) is 43.0 Å². The largest absolute Gasteiger partial charge is 0.484 e. The van der Waals surface area contributed by atoms with E-state index in [1.807, 2.05) is 31.1 Å². The monoisotopic (exact) mass is 433 g/mol. The molecule has 1 aliphatic heterocycles. The molecule has 3 aromatic carbocycles. The van der Waals surface area contributed by atoms with Crippen LogP contribution in [0.3, 0.4) is 0 Å². The number of carbonyl (C=O) groups is 2. The Morgan fingerprint density at radius 1 is 0.906 bits per heavy atom. The van der Waals surface area contributed by atoms with E-state index < -0.39 is 0 Å². The summed E-state index contributed by atoms with van der Waals surface area (Å²) in [7, 11) is 3.88. The molecule has 0 fully saturated rings. The molecule has 1 heterocycles. The first-order valence-corrected chi connectivity index (χ1v) is 9.99. The third-order valence-corrected chi connectivity index (χ3v) is 4.76. The van der Waals surface area contributed by atoms with E-state index in [-0.39, 0.29) is 25.2 Å². The zero-order valence-corrected chi connectivity index (χ0v) is 17.8. The van der Waals surface area contributed by atoms with E-state index in [2.05, 4.69) is 10.6 Å². The van der Waals surface area contributed by atoms with Gasteiger partial charge in [0.15, 0.2) is 18.1 Å². The second-order valence-corrected chi connectivity index (χ2v) is 7.33. The first-order chi connectivity index (χ1) is 15.5. The van der Waals surface area contributed by atoms with E-state index >= 15 is 0 Å². The molecule has 4 rings (SSSR count). The average molecular weight is 433 g/mol. The van der Waals surface area contributed by atoms with Gasteiger partial charge in [0.1, 0.15) is 5.75 Å². The number of benzene rings is 3. The summed E-state index contributed by atoms with van der Waals surface area (Å²) in [4.78, 5) is 26.8. The molecule has 0 atom stereocenters. The summed E-state index contributed by atoms with van der Waals surface area (Å²) in [6, 6.07) is 19.3. The maximum Gasteiger partial charge on any atom is 0.262 e. The minimum Gasteiger partial charge on any atom is -0.484 e. The third kappa shape index (κ3) is 5.10. The van der Waals surface area contributed by atoms with E-state index in [0.717, 1.165) is 5.69 Å². The van der Waals surface area contributed by atoms with Crippen LogP contribution >= 0.6 is 0 Å². The van der Waals surface area contributed by atoms with Gasteiger partial charge in [-0.15, -0.1) is 0 Å². The number of hydrogen-bond donors (Lipinski definition) is 2. The van der Waals surface area contributed by atoms with Crippen molar-refractivity contribution in [3.8, 4) is 17.2 Å². The summed E-state index contributed by atoms with van der Waals surface area (Å²) in [6.45, 7) is 0.00198. The summed E-state index contributed by atoms with van der Waals surface area (Å²) < 4.78 is 16.1. The molecule has 32 heavy (non-hydrogen) atoms. The van der Waals surface area contributed by atoms with Gasteiger partial charge in [-0.3, -0.25) is 9.59 Å². The molecule has 0 radical (unpaired) electrons. The highest BCUT2D eigenvalue weighted by Crippen LogP contribution is 2.35. The fourth-order valence-electron chi connectivity index (χ4n) is 3.10. The number of hydrogen-bond acceptors (Lipinski definition) is 6. The zero-order valence-electron chi connectivity index (χ0n) is 17.8. The van der Waals surface area contributed by atoms with Crippen molar-refractivity contribution in [2.45, 2.75) is 0 Å². The van der Waals surface area contributed by atoms with Crippen LogP contribution in [0.1, 0.15) is 10.4 Å². The van der Waals surface area contributed by atoms with Gasteiger partial charge in [0, 0.05) is 42.8 Å². The van der Waals surface area contributed by atoms with Gasteiger partial charge in [-0.25, -0.2) is 0 Å². The number of ether oxygens (including phenoxy) is 3. The average Bonchev–Trinajstić information content (AvgIpc) is 3.26. The molecule has 0 saturated heterocycles. The van der Waals surface area contributed by atoms with Crippen molar-refractivity contribution in [3.05, 3.63) is 72.3 Å². The fourth-order valence-corrected chi connectivity index (χ4v) is 3.10. The highest BCUT2D eigenvalue weighted by atomic mass is 16.7. The lowest BCUT2D eigenvalue weighted by molar-refractivity contribution is -0.118. The molecular weight excluding hydrogens is 410 g/mol. The normalized spacial score (nSPS) is 11.6. The molecule has 3 aromatic rings. The first kappa shape index (κ1) is 21.0. The molecule has 0 spiro atoms. The van der Waals surface area contributed by atoms with Gasteiger partial charge in [-0.05, 0) is 54.6 Å². The van der Waals surface area contributed by atoms with Crippen molar-refractivity contribution in [3.63, 3.8) is 0 Å². The highest BCUT2D eigenvalue weighted by Gasteiger charge is 2.14. The van der Waals surface area contributed by atoms with Crippen LogP contribution in [-0.4, -0.2) is 39.3 Å². The fraction of sp³-hybridized carbons (Fsp3) is 0.167. The van der Waals surface area contributed by atoms with Crippen LogP contribution in [0.5, 0.6) is 17.2 Å². The Kier molecular flexibility index (Phi) is 6.12. The Bertz CT molecular complexity index is 1130. The highest BCUT2D eigenvalue weighted by molar-refractivity contribution is 6.05. The van der Waals surface area contributed by atoms with Crippen molar-refractivity contribution in [2.24, 2.45) is 0 Å². The van der Waals surface area contributed by atoms with Crippen LogP contribution in [0.4, 0.5) is 17.1 Å². The van der Waals surface area contributed by atoms with Gasteiger partial charge in [0.25, 0.3) is 11.8 Å². The van der Waals surface area contributed by atoms with Crippen LogP contribution in [-0.2, 0) is 4.79 Å². The Morgan fingerprint density at radius 2 is 1.62 bits per heavy atom. The van der Waals surface area contributed by atoms with Crippen LogP contribution in [0.15, 0.2) is 66.7 Å². The summed E-state index contributed by atoms with van der Waals surface area (Å²) in [6.07, 6.45) is 0. The second-order valence-electron chi connectivity index (χ2n) is 7.33. The van der Waals surface area contributed by atoms with Gasteiger partial charge >= 0.3 is 0 Å². The molecule has 0 bridgehead atoms. The van der Waals surface area contributed by atoms with Crippen molar-refractivity contribution in [1.29, 1.82) is 0 Å². The molecule has 0 aliphatic carbocycles. The lowest BCUT2D eigenvalue weighted by atomic mass is 10.2. The molecule has 2 amide bonds. The van der Waals surface area contributed by atoms with E-state index in [0.29, 0.717) is 34.2 Å². The van der Waals surface area contributed by atoms with Crippen molar-refractivity contribution < 1.29 is 23.8 Å². The minimum atomic E-state index is -0.328. The number of anilines is 3. The zero-order chi connectivity index (χ0) is 22.5. The Hall–Kier alpha value is -4.20. The van der Waals surface area contributed by atoms with Crippen LogP contribution in [0.2, 0.25) is 0 Å². The topological polar surface area (TPSA) is 89.1 Å². The standard InChI is InChI=1S/C24H23N3O5/c1-27(2)19-8-6-16(7-9-19)24(29)26-18-5-3-4-17(12-18)25-23(28)14-30-20-10-11-21-22(13-20)32-15-31-21/h3-13H,14-15H2,1-2H3,(H,25,28)(H,26,29). The first-order valence-electron chi connectivity index (χ1n) is 9.99. The minimum absolute atomic E-state index is 0.172. The van der Waals surface area contributed by atoms with Crippen LogP contribution in [0, 0.1) is 0 Å². The maximum absolute atomic E-state index is 12.5.